The second-order valence-corrected chi connectivity index (χ2v) is 5.65. The molecule has 0 spiro atoms. The largest absolute Gasteiger partial charge is 0.481 e. The van der Waals surface area contributed by atoms with E-state index >= 15 is 0 Å². The van der Waals surface area contributed by atoms with Gasteiger partial charge in [0.1, 0.15) is 0 Å². The molecule has 1 amide bonds. The van der Waals surface area contributed by atoms with Gasteiger partial charge < -0.3 is 10.4 Å². The van der Waals surface area contributed by atoms with Crippen LogP contribution in [-0.4, -0.2) is 23.0 Å². The molecule has 0 aromatic carbocycles. The molecule has 1 rings (SSSR count). The SMILES string of the molecule is CCC(CC)(CC(=O)NC1CCC(C)C1)C(=O)O. The van der Waals surface area contributed by atoms with Crippen LogP contribution in [-0.2, 0) is 9.59 Å². The van der Waals surface area contributed by atoms with Gasteiger partial charge in [0.2, 0.25) is 5.91 Å². The lowest BCUT2D eigenvalue weighted by Gasteiger charge is -2.26. The van der Waals surface area contributed by atoms with Crippen molar-refractivity contribution in [3.05, 3.63) is 0 Å². The maximum Gasteiger partial charge on any atom is 0.310 e. The van der Waals surface area contributed by atoms with Gasteiger partial charge in [-0.2, -0.15) is 0 Å². The van der Waals surface area contributed by atoms with Crippen LogP contribution < -0.4 is 5.32 Å². The summed E-state index contributed by atoms with van der Waals surface area (Å²) in [6, 6.07) is 0.243. The van der Waals surface area contributed by atoms with Gasteiger partial charge in [-0.1, -0.05) is 20.8 Å². The van der Waals surface area contributed by atoms with E-state index in [4.69, 9.17) is 0 Å². The van der Waals surface area contributed by atoms with Gasteiger partial charge in [0.15, 0.2) is 0 Å². The number of aliphatic carboxylic acids is 1. The first-order valence-corrected chi connectivity index (χ1v) is 6.96. The predicted molar refractivity (Wildman–Crippen MR) is 70.2 cm³/mol. The molecule has 0 aromatic heterocycles. The normalized spacial score (nSPS) is 23.9. The van der Waals surface area contributed by atoms with Gasteiger partial charge in [-0.3, -0.25) is 9.59 Å². The van der Waals surface area contributed by atoms with E-state index in [-0.39, 0.29) is 18.4 Å². The minimum atomic E-state index is -0.895. The van der Waals surface area contributed by atoms with Crippen LogP contribution in [0.1, 0.15) is 59.3 Å². The topological polar surface area (TPSA) is 66.4 Å². The molecule has 1 saturated carbocycles. The summed E-state index contributed by atoms with van der Waals surface area (Å²) in [6.07, 6.45) is 4.27. The van der Waals surface area contributed by atoms with Gasteiger partial charge in [-0.25, -0.2) is 0 Å². The van der Waals surface area contributed by atoms with Crippen LogP contribution in [0.5, 0.6) is 0 Å². The number of carbonyl (C=O) groups excluding carboxylic acids is 1. The quantitative estimate of drug-likeness (QED) is 0.766. The van der Waals surface area contributed by atoms with Gasteiger partial charge >= 0.3 is 5.97 Å². The zero-order valence-corrected chi connectivity index (χ0v) is 11.7. The third-order valence-corrected chi connectivity index (χ3v) is 4.37. The molecular weight excluding hydrogens is 230 g/mol. The monoisotopic (exact) mass is 255 g/mol. The van der Waals surface area contributed by atoms with Crippen LogP contribution in [0, 0.1) is 11.3 Å². The average molecular weight is 255 g/mol. The number of carboxylic acids is 1. The molecule has 2 atom stereocenters. The molecule has 18 heavy (non-hydrogen) atoms. The highest BCUT2D eigenvalue weighted by Crippen LogP contribution is 2.31. The molecule has 0 saturated heterocycles. The summed E-state index contributed by atoms with van der Waals surface area (Å²) in [7, 11) is 0. The molecule has 0 aliphatic heterocycles. The van der Waals surface area contributed by atoms with Crippen molar-refractivity contribution in [3.8, 4) is 0 Å². The summed E-state index contributed by atoms with van der Waals surface area (Å²) < 4.78 is 0. The fraction of sp³-hybridized carbons (Fsp3) is 0.857. The zero-order chi connectivity index (χ0) is 13.8. The van der Waals surface area contributed by atoms with E-state index < -0.39 is 11.4 Å². The van der Waals surface area contributed by atoms with E-state index in [0.717, 1.165) is 19.3 Å². The van der Waals surface area contributed by atoms with Crippen LogP contribution in [0.2, 0.25) is 0 Å². The second kappa shape index (κ2) is 6.21. The summed E-state index contributed by atoms with van der Waals surface area (Å²) in [5.74, 6) is -0.306. The zero-order valence-electron chi connectivity index (χ0n) is 11.7. The van der Waals surface area contributed by atoms with E-state index in [2.05, 4.69) is 12.2 Å². The number of amides is 1. The van der Waals surface area contributed by atoms with Crippen LogP contribution in [0.3, 0.4) is 0 Å². The smallest absolute Gasteiger partial charge is 0.310 e. The second-order valence-electron chi connectivity index (χ2n) is 5.65. The van der Waals surface area contributed by atoms with E-state index in [1.165, 1.54) is 0 Å². The van der Waals surface area contributed by atoms with Gasteiger partial charge in [0.05, 0.1) is 5.41 Å². The van der Waals surface area contributed by atoms with Crippen molar-refractivity contribution in [1.29, 1.82) is 0 Å². The number of hydrogen-bond acceptors (Lipinski definition) is 2. The molecule has 104 valence electrons. The maximum atomic E-state index is 12.0. The Kier molecular flexibility index (Phi) is 5.17. The molecule has 2 unspecified atom stereocenters. The Morgan fingerprint density at radius 2 is 1.89 bits per heavy atom. The third-order valence-electron chi connectivity index (χ3n) is 4.37. The van der Waals surface area contributed by atoms with Crippen molar-refractivity contribution in [3.63, 3.8) is 0 Å². The first kappa shape index (κ1) is 15.0. The Balaban J connectivity index is 2.54. The molecule has 2 N–H and O–H groups in total. The predicted octanol–water partition coefficient (Wildman–Crippen LogP) is 2.57. The summed E-state index contributed by atoms with van der Waals surface area (Å²) in [6.45, 7) is 5.86. The number of rotatable bonds is 6. The van der Waals surface area contributed by atoms with Crippen molar-refractivity contribution in [2.75, 3.05) is 0 Å². The van der Waals surface area contributed by atoms with E-state index in [9.17, 15) is 14.7 Å². The third kappa shape index (κ3) is 3.47. The first-order chi connectivity index (χ1) is 8.43. The van der Waals surface area contributed by atoms with Crippen molar-refractivity contribution < 1.29 is 14.7 Å². The highest BCUT2D eigenvalue weighted by molar-refractivity contribution is 5.85. The number of carbonyl (C=O) groups is 2. The van der Waals surface area contributed by atoms with E-state index in [1.54, 1.807) is 0 Å². The molecule has 0 aromatic rings. The Labute approximate surface area is 109 Å². The molecule has 1 aliphatic carbocycles. The standard InChI is InChI=1S/C14H25NO3/c1-4-14(5-2,13(17)18)9-12(16)15-11-7-6-10(3)8-11/h10-11H,4-9H2,1-3H3,(H,15,16)(H,17,18). The molecule has 0 heterocycles. The van der Waals surface area contributed by atoms with Crippen LogP contribution in [0.15, 0.2) is 0 Å². The van der Waals surface area contributed by atoms with Crippen LogP contribution in [0.25, 0.3) is 0 Å². The number of carboxylic acid groups (broad SMARTS) is 1. The fourth-order valence-corrected chi connectivity index (χ4v) is 2.80. The number of hydrogen-bond donors (Lipinski definition) is 2. The molecule has 0 radical (unpaired) electrons. The summed E-state index contributed by atoms with van der Waals surface area (Å²) in [5.41, 5.74) is -0.895. The molecule has 1 fully saturated rings. The number of nitrogens with one attached hydrogen (secondary N) is 1. The highest BCUT2D eigenvalue weighted by atomic mass is 16.4. The minimum Gasteiger partial charge on any atom is -0.481 e. The van der Waals surface area contributed by atoms with Gasteiger partial charge in [-0.15, -0.1) is 0 Å². The van der Waals surface area contributed by atoms with Gasteiger partial charge in [0.25, 0.3) is 0 Å². The Hall–Kier alpha value is -1.06. The average Bonchev–Trinajstić information content (AvgIpc) is 2.71. The molecule has 0 bridgehead atoms. The Morgan fingerprint density at radius 3 is 2.28 bits per heavy atom. The van der Waals surface area contributed by atoms with Crippen LogP contribution >= 0.6 is 0 Å². The highest BCUT2D eigenvalue weighted by Gasteiger charge is 2.37. The summed E-state index contributed by atoms with van der Waals surface area (Å²) in [5, 5.41) is 12.3. The van der Waals surface area contributed by atoms with Gasteiger partial charge in [0, 0.05) is 12.5 Å². The molecule has 1 aliphatic rings. The van der Waals surface area contributed by atoms with Gasteiger partial charge in [-0.05, 0) is 38.0 Å². The van der Waals surface area contributed by atoms with Crippen molar-refractivity contribution in [1.82, 2.24) is 5.32 Å². The minimum absolute atomic E-state index is 0.0974. The Morgan fingerprint density at radius 1 is 1.28 bits per heavy atom. The molecular formula is C14H25NO3. The fourth-order valence-electron chi connectivity index (χ4n) is 2.80. The lowest BCUT2D eigenvalue weighted by molar-refractivity contribution is -0.152. The lowest BCUT2D eigenvalue weighted by Crippen LogP contribution is -2.40. The summed E-state index contributed by atoms with van der Waals surface area (Å²) >= 11 is 0. The Bertz CT molecular complexity index is 310. The first-order valence-electron chi connectivity index (χ1n) is 6.96. The maximum absolute atomic E-state index is 12.0. The molecule has 4 heteroatoms. The van der Waals surface area contributed by atoms with E-state index in [1.807, 2.05) is 13.8 Å². The summed E-state index contributed by atoms with van der Waals surface area (Å²) in [4.78, 5) is 23.3. The molecule has 4 nitrogen and oxygen atoms in total. The lowest BCUT2D eigenvalue weighted by atomic mass is 9.79. The van der Waals surface area contributed by atoms with E-state index in [0.29, 0.717) is 18.8 Å². The van der Waals surface area contributed by atoms with Crippen molar-refractivity contribution >= 4 is 11.9 Å². The van der Waals surface area contributed by atoms with Crippen molar-refractivity contribution in [2.24, 2.45) is 11.3 Å². The van der Waals surface area contributed by atoms with Crippen molar-refractivity contribution in [2.45, 2.75) is 65.3 Å². The van der Waals surface area contributed by atoms with Crippen LogP contribution in [0.4, 0.5) is 0 Å².